The van der Waals surface area contributed by atoms with Crippen LogP contribution in [0.5, 0.6) is 5.75 Å². The number of pyridine rings is 1. The molecule has 0 amide bonds. The van der Waals surface area contributed by atoms with Crippen molar-refractivity contribution in [3.05, 3.63) is 166 Å². The molecule has 0 aliphatic rings. The molecular formula is C62H68N3OPt-. The van der Waals surface area contributed by atoms with Gasteiger partial charge in [0.05, 0.1) is 22.3 Å². The number of aryl methyl sites for hydroxylation is 1. The minimum Gasteiger partial charge on any atom is -0.507 e. The zero-order valence-corrected chi connectivity index (χ0v) is 43.7. The summed E-state index contributed by atoms with van der Waals surface area (Å²) in [6, 6.07) is 42.0. The molecule has 5 heteroatoms. The van der Waals surface area contributed by atoms with Gasteiger partial charge in [-0.2, -0.15) is 0 Å². The van der Waals surface area contributed by atoms with Gasteiger partial charge in [0, 0.05) is 39.8 Å². The maximum atomic E-state index is 12.4. The van der Waals surface area contributed by atoms with Crippen LogP contribution in [0.4, 0.5) is 0 Å². The molecule has 0 radical (unpaired) electrons. The van der Waals surface area contributed by atoms with Crippen LogP contribution in [0.25, 0.3) is 72.7 Å². The second-order valence-corrected chi connectivity index (χ2v) is 20.4. The van der Waals surface area contributed by atoms with Gasteiger partial charge in [0.25, 0.3) is 0 Å². The van der Waals surface area contributed by atoms with Crippen molar-refractivity contribution in [3.8, 4) is 67.5 Å². The maximum Gasteiger partial charge on any atom is 0.148 e. The van der Waals surface area contributed by atoms with E-state index >= 15 is 0 Å². The Bertz CT molecular complexity index is 3290. The van der Waals surface area contributed by atoms with Crippen molar-refractivity contribution in [1.82, 2.24) is 14.5 Å². The third-order valence-corrected chi connectivity index (χ3v) is 13.0. The number of imidazole rings is 1. The van der Waals surface area contributed by atoms with Crippen LogP contribution in [0.3, 0.4) is 0 Å². The predicted molar refractivity (Wildman–Crippen MR) is 280 cm³/mol. The van der Waals surface area contributed by atoms with Gasteiger partial charge in [-0.3, -0.25) is 9.55 Å². The molecule has 67 heavy (non-hydrogen) atoms. The molecule has 6 aromatic carbocycles. The molecule has 1 N–H and O–H groups in total. The Balaban J connectivity index is 0.00000760. The number of fused-ring (bicyclic) bond motifs is 1. The van der Waals surface area contributed by atoms with Crippen molar-refractivity contribution >= 4 is 11.0 Å². The van der Waals surface area contributed by atoms with E-state index in [4.69, 9.17) is 15.5 Å². The minimum atomic E-state index is -2.57. The Morgan fingerprint density at radius 2 is 1.30 bits per heavy atom. The van der Waals surface area contributed by atoms with Gasteiger partial charge in [-0.1, -0.05) is 174 Å². The van der Waals surface area contributed by atoms with Crippen LogP contribution in [0.2, 0.25) is 0 Å². The molecule has 0 spiro atoms. The molecule has 4 nitrogen and oxygen atoms in total. The van der Waals surface area contributed by atoms with Crippen molar-refractivity contribution in [2.75, 3.05) is 0 Å². The van der Waals surface area contributed by atoms with Crippen LogP contribution < -0.4 is 0 Å². The summed E-state index contributed by atoms with van der Waals surface area (Å²) in [6.07, 6.45) is 1.83. The van der Waals surface area contributed by atoms with Crippen molar-refractivity contribution < 1.29 is 33.0 Å². The topological polar surface area (TPSA) is 50.9 Å². The molecule has 0 aliphatic carbocycles. The van der Waals surface area contributed by atoms with Crippen molar-refractivity contribution in [3.63, 3.8) is 0 Å². The average Bonchev–Trinajstić information content (AvgIpc) is 3.69. The van der Waals surface area contributed by atoms with Gasteiger partial charge in [-0.05, 0) is 128 Å². The van der Waals surface area contributed by atoms with Crippen LogP contribution in [0, 0.1) is 12.9 Å². The molecule has 0 atom stereocenters. The maximum absolute atomic E-state index is 12.4. The first-order valence-corrected chi connectivity index (χ1v) is 23.5. The number of nitrogens with zero attached hydrogens (tertiary/aromatic N) is 3. The molecular weight excluding hydrogens is 998 g/mol. The monoisotopic (exact) mass is 1070 g/mol. The predicted octanol–water partition coefficient (Wildman–Crippen LogP) is 17.5. The average molecular weight is 1070 g/mol. The van der Waals surface area contributed by atoms with Gasteiger partial charge in [0.2, 0.25) is 0 Å². The fourth-order valence-electron chi connectivity index (χ4n) is 9.08. The number of aromatic nitrogens is 3. The van der Waals surface area contributed by atoms with E-state index in [1.807, 2.05) is 105 Å². The molecule has 0 fully saturated rings. The summed E-state index contributed by atoms with van der Waals surface area (Å²) in [5.41, 5.74) is 14.6. The first kappa shape index (κ1) is 42.8. The Labute approximate surface area is 422 Å². The number of aromatic hydroxyl groups is 1. The van der Waals surface area contributed by atoms with E-state index in [-0.39, 0.29) is 55.5 Å². The number of benzene rings is 6. The fraction of sp³-hybridized carbons (Fsp3) is 0.323. The SMILES string of the molecule is [2H]C([2H])([2H])c1cc(-c2c(C(C)C)cccc2C([2H])(C)C)ccc1-n1c(-c2cc(C(C)C)cc(C(C)C)c2O)nc2c(-c3[c-]c(-c4cc(-c5ccc(C([2H])(C)C)cc5)ccn4)cc(C(C)(C)C)c3)cccc21.[Pt]. The second-order valence-electron chi connectivity index (χ2n) is 20.4. The van der Waals surface area contributed by atoms with Crippen LogP contribution in [-0.4, -0.2) is 19.6 Å². The Morgan fingerprint density at radius 1 is 0.627 bits per heavy atom. The smallest absolute Gasteiger partial charge is 0.148 e. The van der Waals surface area contributed by atoms with Crippen LogP contribution in [0.15, 0.2) is 121 Å². The van der Waals surface area contributed by atoms with E-state index in [0.29, 0.717) is 28.1 Å². The summed E-state index contributed by atoms with van der Waals surface area (Å²) in [5, 5.41) is 12.4. The van der Waals surface area contributed by atoms with E-state index < -0.39 is 18.6 Å². The van der Waals surface area contributed by atoms with Crippen LogP contribution in [-0.2, 0) is 26.5 Å². The number of phenolic OH excluding ortho intramolecular Hbond substituents is 1. The van der Waals surface area contributed by atoms with Crippen LogP contribution in [0.1, 0.15) is 165 Å². The minimum absolute atomic E-state index is 0. The van der Waals surface area contributed by atoms with Gasteiger partial charge in [-0.15, -0.1) is 29.3 Å². The molecule has 0 aliphatic heterocycles. The molecule has 348 valence electrons. The number of para-hydroxylation sites is 1. The Hall–Kier alpha value is -5.57. The first-order chi connectivity index (χ1) is 33.1. The Morgan fingerprint density at radius 3 is 1.94 bits per heavy atom. The fourth-order valence-corrected chi connectivity index (χ4v) is 9.08. The van der Waals surface area contributed by atoms with E-state index in [2.05, 4.69) is 111 Å². The third-order valence-electron chi connectivity index (χ3n) is 13.0. The normalized spacial score (nSPS) is 13.6. The number of rotatable bonds is 11. The van der Waals surface area contributed by atoms with Crippen molar-refractivity contribution in [2.45, 2.75) is 132 Å². The Kier molecular flexibility index (Phi) is 12.5. The zero-order valence-electron chi connectivity index (χ0n) is 46.4. The van der Waals surface area contributed by atoms with Crippen LogP contribution >= 0.6 is 0 Å². The molecule has 8 rings (SSSR count). The quantitative estimate of drug-likeness (QED) is 0.131. The van der Waals surface area contributed by atoms with E-state index in [1.165, 1.54) is 0 Å². The summed E-state index contributed by atoms with van der Waals surface area (Å²) in [4.78, 5) is 10.4. The standard InChI is InChI=1S/C62H68N3O.Pt/c1-36(2)42-21-23-43(24-22-42)44-27-28-63-55(35-44)48-30-47(31-49(32-48)62(12,13)14)52-19-16-20-57-59(52)64-61(54-34-46(37(3)4)33-53(40(9)10)60(54)66)65(57)56-26-25-45(29-41(56)11)58-50(38(5)6)17-15-18-51(58)39(7)8;/h15-29,31-40,66H,1-14H3;/q-1;/i11D3,36D,38D;. The van der Waals surface area contributed by atoms with Crippen molar-refractivity contribution in [1.29, 1.82) is 0 Å². The summed E-state index contributed by atoms with van der Waals surface area (Å²) >= 11 is 0. The summed E-state index contributed by atoms with van der Waals surface area (Å²) in [5.74, 6) is -0.898. The number of hydrogen-bond acceptors (Lipinski definition) is 3. The third kappa shape index (κ3) is 9.75. The number of hydrogen-bond donors (Lipinski definition) is 1. The molecule has 0 bridgehead atoms. The largest absolute Gasteiger partial charge is 0.507 e. The molecule has 0 saturated carbocycles. The molecule has 2 aromatic heterocycles. The van der Waals surface area contributed by atoms with E-state index in [1.54, 1.807) is 6.07 Å². The molecule has 2 heterocycles. The summed E-state index contributed by atoms with van der Waals surface area (Å²) in [6.45, 7) is 24.1. The van der Waals surface area contributed by atoms with Gasteiger partial charge in [0.15, 0.2) is 0 Å². The van der Waals surface area contributed by atoms with Gasteiger partial charge in [-0.25, -0.2) is 4.98 Å². The van der Waals surface area contributed by atoms with Crippen molar-refractivity contribution in [2.24, 2.45) is 0 Å². The summed E-state index contributed by atoms with van der Waals surface area (Å²) < 4.78 is 47.1. The molecule has 8 aromatic rings. The summed E-state index contributed by atoms with van der Waals surface area (Å²) in [7, 11) is 0. The number of phenols is 1. The van der Waals surface area contributed by atoms with E-state index in [9.17, 15) is 6.48 Å². The zero-order chi connectivity index (χ0) is 51.7. The molecule has 0 unspecified atom stereocenters. The second kappa shape index (κ2) is 19.6. The van der Waals surface area contributed by atoms with E-state index in [0.717, 1.165) is 78.0 Å². The van der Waals surface area contributed by atoms with Gasteiger partial charge < -0.3 is 5.11 Å². The molecule has 0 saturated heterocycles. The first-order valence-electron chi connectivity index (χ1n) is 26.0. The van der Waals surface area contributed by atoms with Gasteiger partial charge in [0.1, 0.15) is 11.6 Å². The van der Waals surface area contributed by atoms with Gasteiger partial charge >= 0.3 is 0 Å².